The molecule has 0 aromatic rings. The van der Waals surface area contributed by atoms with Gasteiger partial charge in [0.25, 0.3) is 0 Å². The van der Waals surface area contributed by atoms with E-state index < -0.39 is 0 Å². The summed E-state index contributed by atoms with van der Waals surface area (Å²) in [6.07, 6.45) is 7.95. The highest BCUT2D eigenvalue weighted by molar-refractivity contribution is 4.75. The van der Waals surface area contributed by atoms with Crippen molar-refractivity contribution in [3.63, 3.8) is 0 Å². The van der Waals surface area contributed by atoms with Crippen molar-refractivity contribution < 1.29 is 9.47 Å². The van der Waals surface area contributed by atoms with Gasteiger partial charge in [0.05, 0.1) is 18.8 Å². The standard InChI is InChI=1S/C14H29NO2/c1-4-7-12(15-5-2)11-17-14-9-6-8-13(10-14)16-3/h12-15H,4-11H2,1-3H3. The molecular formula is C14H29NO2. The minimum Gasteiger partial charge on any atom is -0.381 e. The summed E-state index contributed by atoms with van der Waals surface area (Å²) < 4.78 is 11.5. The molecule has 0 amide bonds. The molecule has 0 bridgehead atoms. The van der Waals surface area contributed by atoms with Gasteiger partial charge in [-0.3, -0.25) is 0 Å². The van der Waals surface area contributed by atoms with Crippen LogP contribution in [-0.4, -0.2) is 38.5 Å². The average molecular weight is 243 g/mol. The van der Waals surface area contributed by atoms with E-state index in [-0.39, 0.29) is 0 Å². The van der Waals surface area contributed by atoms with E-state index in [1.807, 2.05) is 7.11 Å². The van der Waals surface area contributed by atoms with Gasteiger partial charge >= 0.3 is 0 Å². The van der Waals surface area contributed by atoms with Crippen molar-refractivity contribution in [3.05, 3.63) is 0 Å². The molecule has 3 heteroatoms. The zero-order chi connectivity index (χ0) is 12.5. The number of methoxy groups -OCH3 is 1. The Labute approximate surface area is 106 Å². The molecule has 0 spiro atoms. The van der Waals surface area contributed by atoms with Crippen molar-refractivity contribution in [2.24, 2.45) is 0 Å². The second kappa shape index (κ2) is 8.90. The van der Waals surface area contributed by atoms with E-state index in [9.17, 15) is 0 Å². The van der Waals surface area contributed by atoms with Crippen molar-refractivity contribution in [3.8, 4) is 0 Å². The largest absolute Gasteiger partial charge is 0.381 e. The third-order valence-corrected chi connectivity index (χ3v) is 3.57. The number of nitrogens with one attached hydrogen (secondary N) is 1. The molecular weight excluding hydrogens is 214 g/mol. The van der Waals surface area contributed by atoms with Crippen LogP contribution in [0.1, 0.15) is 52.4 Å². The van der Waals surface area contributed by atoms with E-state index in [0.717, 1.165) is 19.6 Å². The number of ether oxygens (including phenoxy) is 2. The lowest BCUT2D eigenvalue weighted by molar-refractivity contribution is -0.0359. The van der Waals surface area contributed by atoms with Gasteiger partial charge in [0.2, 0.25) is 0 Å². The number of hydrogen-bond acceptors (Lipinski definition) is 3. The molecule has 3 nitrogen and oxygen atoms in total. The van der Waals surface area contributed by atoms with E-state index >= 15 is 0 Å². The lowest BCUT2D eigenvalue weighted by atomic mass is 9.95. The smallest absolute Gasteiger partial charge is 0.0623 e. The molecule has 17 heavy (non-hydrogen) atoms. The number of likely N-dealkylation sites (N-methyl/N-ethyl adjacent to an activating group) is 1. The number of hydrogen-bond donors (Lipinski definition) is 1. The van der Waals surface area contributed by atoms with Gasteiger partial charge in [-0.25, -0.2) is 0 Å². The summed E-state index contributed by atoms with van der Waals surface area (Å²) in [4.78, 5) is 0. The Hall–Kier alpha value is -0.120. The van der Waals surface area contributed by atoms with Gasteiger partial charge in [0.15, 0.2) is 0 Å². The molecule has 102 valence electrons. The molecule has 1 aliphatic carbocycles. The van der Waals surface area contributed by atoms with Crippen LogP contribution >= 0.6 is 0 Å². The van der Waals surface area contributed by atoms with Crippen molar-refractivity contribution >= 4 is 0 Å². The Morgan fingerprint density at radius 2 is 2.00 bits per heavy atom. The van der Waals surface area contributed by atoms with E-state index in [0.29, 0.717) is 18.2 Å². The van der Waals surface area contributed by atoms with E-state index in [1.54, 1.807) is 0 Å². The van der Waals surface area contributed by atoms with Crippen LogP contribution < -0.4 is 5.32 Å². The highest BCUT2D eigenvalue weighted by atomic mass is 16.5. The van der Waals surface area contributed by atoms with Crippen molar-refractivity contribution in [2.75, 3.05) is 20.3 Å². The molecule has 0 aromatic carbocycles. The van der Waals surface area contributed by atoms with Crippen LogP contribution in [0.15, 0.2) is 0 Å². The molecule has 0 aromatic heterocycles. The van der Waals surface area contributed by atoms with E-state index in [4.69, 9.17) is 9.47 Å². The molecule has 1 N–H and O–H groups in total. The van der Waals surface area contributed by atoms with Crippen LogP contribution in [0.4, 0.5) is 0 Å². The molecule has 0 saturated heterocycles. The third kappa shape index (κ3) is 5.84. The fourth-order valence-electron chi connectivity index (χ4n) is 2.60. The van der Waals surface area contributed by atoms with Gasteiger partial charge in [0.1, 0.15) is 0 Å². The minimum absolute atomic E-state index is 0.409. The second-order valence-corrected chi connectivity index (χ2v) is 5.02. The third-order valence-electron chi connectivity index (χ3n) is 3.57. The van der Waals surface area contributed by atoms with Crippen LogP contribution in [0, 0.1) is 0 Å². The van der Waals surface area contributed by atoms with Crippen LogP contribution in [0.25, 0.3) is 0 Å². The van der Waals surface area contributed by atoms with Crippen molar-refractivity contribution in [2.45, 2.75) is 70.6 Å². The van der Waals surface area contributed by atoms with Gasteiger partial charge in [-0.2, -0.15) is 0 Å². The molecule has 3 atom stereocenters. The van der Waals surface area contributed by atoms with Crippen LogP contribution in [0.2, 0.25) is 0 Å². The fraction of sp³-hybridized carbons (Fsp3) is 1.00. The summed E-state index contributed by atoms with van der Waals surface area (Å²) in [5.74, 6) is 0. The first kappa shape index (κ1) is 14.9. The Kier molecular flexibility index (Phi) is 7.82. The zero-order valence-corrected chi connectivity index (χ0v) is 11.7. The minimum atomic E-state index is 0.409. The Bertz CT molecular complexity index is 181. The van der Waals surface area contributed by atoms with Gasteiger partial charge in [-0.1, -0.05) is 20.3 Å². The van der Waals surface area contributed by atoms with Gasteiger partial charge in [0, 0.05) is 13.2 Å². The van der Waals surface area contributed by atoms with Gasteiger partial charge in [-0.05, 0) is 38.6 Å². The number of rotatable bonds is 8. The molecule has 0 radical (unpaired) electrons. The summed E-state index contributed by atoms with van der Waals surface area (Å²) in [5, 5.41) is 3.49. The average Bonchev–Trinajstić information content (AvgIpc) is 2.37. The van der Waals surface area contributed by atoms with Crippen LogP contribution in [0.5, 0.6) is 0 Å². The van der Waals surface area contributed by atoms with Crippen molar-refractivity contribution in [1.29, 1.82) is 0 Å². The van der Waals surface area contributed by atoms with Gasteiger partial charge < -0.3 is 14.8 Å². The Morgan fingerprint density at radius 1 is 1.24 bits per heavy atom. The maximum absolute atomic E-state index is 6.04. The summed E-state index contributed by atoms with van der Waals surface area (Å²) in [5.41, 5.74) is 0. The Balaban J connectivity index is 2.22. The predicted octanol–water partition coefficient (Wildman–Crippen LogP) is 2.74. The maximum atomic E-state index is 6.04. The van der Waals surface area contributed by atoms with E-state index in [1.165, 1.54) is 32.1 Å². The SMILES string of the molecule is CCCC(COC1CCCC(OC)C1)NCC. The van der Waals surface area contributed by atoms with Crippen LogP contribution in [0.3, 0.4) is 0 Å². The summed E-state index contributed by atoms with van der Waals surface area (Å²) >= 11 is 0. The quantitative estimate of drug-likeness (QED) is 0.711. The predicted molar refractivity (Wildman–Crippen MR) is 71.4 cm³/mol. The summed E-state index contributed by atoms with van der Waals surface area (Å²) in [7, 11) is 1.81. The molecule has 3 unspecified atom stereocenters. The Morgan fingerprint density at radius 3 is 2.65 bits per heavy atom. The fourth-order valence-corrected chi connectivity index (χ4v) is 2.60. The van der Waals surface area contributed by atoms with Crippen LogP contribution in [-0.2, 0) is 9.47 Å². The first-order chi connectivity index (χ1) is 8.30. The maximum Gasteiger partial charge on any atom is 0.0623 e. The summed E-state index contributed by atoms with van der Waals surface area (Å²) in [6, 6.07) is 0.521. The first-order valence-corrected chi connectivity index (χ1v) is 7.17. The second-order valence-electron chi connectivity index (χ2n) is 5.02. The molecule has 1 saturated carbocycles. The highest BCUT2D eigenvalue weighted by Crippen LogP contribution is 2.23. The zero-order valence-electron chi connectivity index (χ0n) is 11.7. The molecule has 0 aliphatic heterocycles. The first-order valence-electron chi connectivity index (χ1n) is 7.17. The topological polar surface area (TPSA) is 30.5 Å². The van der Waals surface area contributed by atoms with Crippen molar-refractivity contribution in [1.82, 2.24) is 5.32 Å². The summed E-state index contributed by atoms with van der Waals surface area (Å²) in [6.45, 7) is 6.26. The molecule has 1 aliphatic rings. The monoisotopic (exact) mass is 243 g/mol. The van der Waals surface area contributed by atoms with Gasteiger partial charge in [-0.15, -0.1) is 0 Å². The normalized spacial score (nSPS) is 27.0. The highest BCUT2D eigenvalue weighted by Gasteiger charge is 2.22. The lowest BCUT2D eigenvalue weighted by Gasteiger charge is -2.29. The molecule has 1 rings (SSSR count). The molecule has 0 heterocycles. The lowest BCUT2D eigenvalue weighted by Crippen LogP contribution is -2.36. The van der Waals surface area contributed by atoms with E-state index in [2.05, 4.69) is 19.2 Å². The molecule has 1 fully saturated rings.